The van der Waals surface area contributed by atoms with Gasteiger partial charge in [-0.15, -0.1) is 0 Å². The van der Waals surface area contributed by atoms with E-state index >= 15 is 0 Å². The Hall–Kier alpha value is -1.61. The molecule has 21 heavy (non-hydrogen) atoms. The molecule has 1 heterocycles. The molecule has 0 saturated heterocycles. The fraction of sp³-hybridized carbons (Fsp3) is 0.500. The fourth-order valence-corrected chi connectivity index (χ4v) is 3.35. The van der Waals surface area contributed by atoms with Crippen LogP contribution in [0.4, 0.5) is 0 Å². The number of hydrogen-bond acceptors (Lipinski definition) is 3. The van der Waals surface area contributed by atoms with E-state index in [-0.39, 0.29) is 0 Å². The van der Waals surface area contributed by atoms with Gasteiger partial charge >= 0.3 is 0 Å². The zero-order valence-electron chi connectivity index (χ0n) is 12.7. The molecule has 112 valence electrons. The highest BCUT2D eigenvalue weighted by Gasteiger charge is 2.26. The van der Waals surface area contributed by atoms with Crippen LogP contribution in [0.1, 0.15) is 44.7 Å². The molecule has 2 atom stereocenters. The number of nitrogens with two attached hydrogens (primary N) is 1. The van der Waals surface area contributed by atoms with Crippen LogP contribution in [0.5, 0.6) is 5.88 Å². The molecule has 2 unspecified atom stereocenters. The van der Waals surface area contributed by atoms with Crippen molar-refractivity contribution in [3.8, 4) is 5.88 Å². The molecule has 3 heteroatoms. The largest absolute Gasteiger partial charge is 0.474 e. The van der Waals surface area contributed by atoms with Crippen LogP contribution < -0.4 is 10.5 Å². The van der Waals surface area contributed by atoms with Crippen molar-refractivity contribution in [2.75, 3.05) is 0 Å². The first-order valence-electron chi connectivity index (χ1n) is 8.07. The Kier molecular flexibility index (Phi) is 4.39. The highest BCUT2D eigenvalue weighted by atomic mass is 16.5. The van der Waals surface area contributed by atoms with Gasteiger partial charge in [-0.05, 0) is 49.1 Å². The van der Waals surface area contributed by atoms with E-state index < -0.39 is 0 Å². The smallest absolute Gasteiger partial charge is 0.221 e. The lowest BCUT2D eigenvalue weighted by Gasteiger charge is -2.31. The van der Waals surface area contributed by atoms with E-state index in [9.17, 15) is 0 Å². The summed E-state index contributed by atoms with van der Waals surface area (Å²) in [6, 6.07) is 10.3. The number of fused-ring (bicyclic) bond motifs is 1. The molecule has 1 aromatic carbocycles. The first-order valence-corrected chi connectivity index (χ1v) is 8.07. The predicted octanol–water partition coefficient (Wildman–Crippen LogP) is 4.04. The van der Waals surface area contributed by atoms with Crippen LogP contribution in [0.25, 0.3) is 10.8 Å². The van der Waals surface area contributed by atoms with Gasteiger partial charge in [-0.1, -0.05) is 31.5 Å². The summed E-state index contributed by atoms with van der Waals surface area (Å²) in [4.78, 5) is 4.64. The van der Waals surface area contributed by atoms with Crippen molar-refractivity contribution in [1.29, 1.82) is 0 Å². The average Bonchev–Trinajstić information content (AvgIpc) is 2.55. The number of ether oxygens (including phenoxy) is 1. The average molecular weight is 284 g/mol. The van der Waals surface area contributed by atoms with E-state index in [1.54, 1.807) is 0 Å². The first-order chi connectivity index (χ1) is 10.3. The van der Waals surface area contributed by atoms with Gasteiger partial charge in [0.25, 0.3) is 0 Å². The Balaban J connectivity index is 1.95. The quantitative estimate of drug-likeness (QED) is 0.921. The maximum atomic E-state index is 6.35. The lowest BCUT2D eigenvalue weighted by Crippen LogP contribution is -2.30. The molecule has 3 rings (SSSR count). The Morgan fingerprint density at radius 2 is 2.05 bits per heavy atom. The topological polar surface area (TPSA) is 48.1 Å². The summed E-state index contributed by atoms with van der Waals surface area (Å²) in [6.45, 7) is 2.71. The molecule has 0 amide bonds. The molecular weight excluding hydrogens is 260 g/mol. The minimum atomic E-state index is 0.299. The Bertz CT molecular complexity index is 611. The number of aromatic nitrogens is 1. The number of benzene rings is 1. The first kappa shape index (κ1) is 14.3. The second-order valence-electron chi connectivity index (χ2n) is 5.95. The van der Waals surface area contributed by atoms with Gasteiger partial charge in [0.05, 0.1) is 5.69 Å². The van der Waals surface area contributed by atoms with Crippen LogP contribution in [0, 0.1) is 5.92 Å². The zero-order chi connectivity index (χ0) is 14.7. The van der Waals surface area contributed by atoms with Crippen LogP contribution in [-0.4, -0.2) is 11.1 Å². The van der Waals surface area contributed by atoms with Crippen molar-refractivity contribution >= 4 is 10.8 Å². The standard InChI is InChI=1S/C18H24N2O/c1-2-13-7-4-6-10-17(13)21-18-16-9-5-3-8-14(16)11-15(12-19)20-18/h3,5,8-9,11,13,17H,2,4,6-7,10,12,19H2,1H3. The minimum absolute atomic E-state index is 0.299. The van der Waals surface area contributed by atoms with Gasteiger partial charge in [-0.25, -0.2) is 4.98 Å². The van der Waals surface area contributed by atoms with E-state index in [1.807, 2.05) is 12.1 Å². The summed E-state index contributed by atoms with van der Waals surface area (Å²) in [5.74, 6) is 1.42. The van der Waals surface area contributed by atoms with E-state index in [4.69, 9.17) is 10.5 Å². The highest BCUT2D eigenvalue weighted by Crippen LogP contribution is 2.32. The van der Waals surface area contributed by atoms with Gasteiger partial charge in [-0.3, -0.25) is 0 Å². The van der Waals surface area contributed by atoms with E-state index in [2.05, 4.69) is 30.1 Å². The predicted molar refractivity (Wildman–Crippen MR) is 86.3 cm³/mol. The van der Waals surface area contributed by atoms with Crippen LogP contribution in [0.3, 0.4) is 0 Å². The molecule has 2 aromatic rings. The van der Waals surface area contributed by atoms with Gasteiger partial charge in [0.15, 0.2) is 0 Å². The van der Waals surface area contributed by atoms with Gasteiger partial charge < -0.3 is 10.5 Å². The van der Waals surface area contributed by atoms with Crippen LogP contribution in [-0.2, 0) is 6.54 Å². The summed E-state index contributed by atoms with van der Waals surface area (Å²) in [7, 11) is 0. The van der Waals surface area contributed by atoms with E-state index in [0.717, 1.165) is 28.8 Å². The van der Waals surface area contributed by atoms with Gasteiger partial charge in [-0.2, -0.15) is 0 Å². The molecule has 1 saturated carbocycles. The molecule has 0 spiro atoms. The summed E-state index contributed by atoms with van der Waals surface area (Å²) in [5, 5.41) is 2.25. The third-order valence-corrected chi connectivity index (χ3v) is 4.59. The van der Waals surface area contributed by atoms with E-state index in [0.29, 0.717) is 18.6 Å². The number of rotatable bonds is 4. The second-order valence-corrected chi connectivity index (χ2v) is 5.95. The Labute approximate surface area is 126 Å². The molecule has 1 aliphatic carbocycles. The van der Waals surface area contributed by atoms with Crippen molar-refractivity contribution < 1.29 is 4.74 Å². The van der Waals surface area contributed by atoms with Crippen molar-refractivity contribution in [2.24, 2.45) is 11.7 Å². The molecule has 3 nitrogen and oxygen atoms in total. The highest BCUT2D eigenvalue weighted by molar-refractivity contribution is 5.87. The summed E-state index contributed by atoms with van der Waals surface area (Å²) in [6.07, 6.45) is 6.48. The molecule has 0 aliphatic heterocycles. The Morgan fingerprint density at radius 3 is 2.86 bits per heavy atom. The number of nitrogens with zero attached hydrogens (tertiary/aromatic N) is 1. The molecule has 1 aromatic heterocycles. The molecule has 2 N–H and O–H groups in total. The van der Waals surface area contributed by atoms with Crippen molar-refractivity contribution in [3.05, 3.63) is 36.0 Å². The van der Waals surface area contributed by atoms with Gasteiger partial charge in [0.1, 0.15) is 6.10 Å². The third-order valence-electron chi connectivity index (χ3n) is 4.59. The fourth-order valence-electron chi connectivity index (χ4n) is 3.35. The van der Waals surface area contributed by atoms with Crippen LogP contribution in [0.15, 0.2) is 30.3 Å². The second kappa shape index (κ2) is 6.44. The zero-order valence-corrected chi connectivity index (χ0v) is 12.7. The SMILES string of the molecule is CCC1CCCCC1Oc1nc(CN)cc2ccccc12. The molecule has 1 fully saturated rings. The van der Waals surface area contributed by atoms with Crippen LogP contribution >= 0.6 is 0 Å². The monoisotopic (exact) mass is 284 g/mol. The minimum Gasteiger partial charge on any atom is -0.474 e. The maximum Gasteiger partial charge on any atom is 0.221 e. The van der Waals surface area contributed by atoms with Crippen molar-refractivity contribution in [3.63, 3.8) is 0 Å². The molecule has 1 aliphatic rings. The normalized spacial score (nSPS) is 22.4. The van der Waals surface area contributed by atoms with Crippen LogP contribution in [0.2, 0.25) is 0 Å². The molecule has 0 bridgehead atoms. The molecule has 0 radical (unpaired) electrons. The van der Waals surface area contributed by atoms with E-state index in [1.165, 1.54) is 25.7 Å². The summed E-state index contributed by atoms with van der Waals surface area (Å²) in [5.41, 5.74) is 6.67. The number of hydrogen-bond donors (Lipinski definition) is 1. The lowest BCUT2D eigenvalue weighted by molar-refractivity contribution is 0.0873. The maximum absolute atomic E-state index is 6.35. The summed E-state index contributed by atoms with van der Waals surface area (Å²) >= 11 is 0. The van der Waals surface area contributed by atoms with Gasteiger partial charge in [0, 0.05) is 11.9 Å². The Morgan fingerprint density at radius 1 is 1.24 bits per heavy atom. The van der Waals surface area contributed by atoms with Gasteiger partial charge in [0.2, 0.25) is 5.88 Å². The summed E-state index contributed by atoms with van der Waals surface area (Å²) < 4.78 is 6.35. The van der Waals surface area contributed by atoms with Crippen molar-refractivity contribution in [1.82, 2.24) is 4.98 Å². The third kappa shape index (κ3) is 3.03. The molecular formula is C18H24N2O. The number of pyridine rings is 1. The van der Waals surface area contributed by atoms with Crippen molar-refractivity contribution in [2.45, 2.75) is 51.7 Å². The lowest BCUT2D eigenvalue weighted by atomic mass is 9.85.